The molecule has 0 N–H and O–H groups in total. The molecule has 0 aliphatic carbocycles. The number of ether oxygens (including phenoxy) is 1. The normalized spacial score (nSPS) is 23.7. The van der Waals surface area contributed by atoms with E-state index in [2.05, 4.69) is 11.8 Å². The van der Waals surface area contributed by atoms with Crippen molar-refractivity contribution in [2.75, 3.05) is 26.2 Å². The molecule has 0 bridgehead atoms. The van der Waals surface area contributed by atoms with Crippen molar-refractivity contribution in [2.24, 2.45) is 0 Å². The Bertz CT molecular complexity index is 771. The number of hydrogen-bond acceptors (Lipinski definition) is 4. The molecule has 1 aromatic carbocycles. The van der Waals surface area contributed by atoms with Gasteiger partial charge in [-0.3, -0.25) is 14.5 Å². The molecule has 1 unspecified atom stereocenters. The van der Waals surface area contributed by atoms with Crippen LogP contribution in [0, 0.1) is 13.8 Å². The molecule has 4 rings (SSSR count). The van der Waals surface area contributed by atoms with Crippen LogP contribution in [0.1, 0.15) is 42.4 Å². The van der Waals surface area contributed by atoms with Gasteiger partial charge in [-0.25, -0.2) is 0 Å². The van der Waals surface area contributed by atoms with E-state index in [4.69, 9.17) is 4.74 Å². The number of likely N-dealkylation sites (tertiary alicyclic amines) is 1. The van der Waals surface area contributed by atoms with Gasteiger partial charge in [0.05, 0.1) is 18.2 Å². The molecule has 3 aliphatic heterocycles. The number of carbonyl (C=O) groups excluding carboxylic acids is 2. The summed E-state index contributed by atoms with van der Waals surface area (Å²) in [6.45, 7) is 6.87. The topological polar surface area (TPSA) is 49.9 Å². The average molecular weight is 354 g/mol. The molecule has 2 fully saturated rings. The fourth-order valence-corrected chi connectivity index (χ4v) is 4.11. The Balaban J connectivity index is 1.73. The minimum atomic E-state index is -0.171. The number of imide groups is 1. The largest absolute Gasteiger partial charge is 0.376 e. The van der Waals surface area contributed by atoms with Crippen LogP contribution in [0.15, 0.2) is 23.9 Å². The molecule has 2 saturated heterocycles. The van der Waals surface area contributed by atoms with Gasteiger partial charge in [-0.15, -0.1) is 0 Å². The van der Waals surface area contributed by atoms with Crippen molar-refractivity contribution in [2.45, 2.75) is 45.6 Å². The third-order valence-corrected chi connectivity index (χ3v) is 5.77. The molecule has 1 aromatic rings. The van der Waals surface area contributed by atoms with Crippen molar-refractivity contribution < 1.29 is 14.3 Å². The van der Waals surface area contributed by atoms with E-state index in [0.29, 0.717) is 17.8 Å². The average Bonchev–Trinajstić information content (AvgIpc) is 3.35. The number of carbonyl (C=O) groups is 2. The van der Waals surface area contributed by atoms with Crippen LogP contribution in [-0.4, -0.2) is 54.0 Å². The van der Waals surface area contributed by atoms with E-state index in [-0.39, 0.29) is 17.9 Å². The molecular weight excluding hydrogens is 328 g/mol. The minimum absolute atomic E-state index is 0.0261. The zero-order chi connectivity index (χ0) is 18.3. The maximum Gasteiger partial charge on any atom is 0.277 e. The highest BCUT2D eigenvalue weighted by atomic mass is 16.5. The number of amides is 2. The summed E-state index contributed by atoms with van der Waals surface area (Å²) in [5.74, 6) is -0.323. The van der Waals surface area contributed by atoms with Gasteiger partial charge in [-0.1, -0.05) is 18.2 Å². The summed E-state index contributed by atoms with van der Waals surface area (Å²) in [6, 6.07) is 6.02. The molecule has 0 aromatic heterocycles. The molecule has 0 spiro atoms. The summed E-state index contributed by atoms with van der Waals surface area (Å²) in [7, 11) is 0. The van der Waals surface area contributed by atoms with Crippen LogP contribution in [0.5, 0.6) is 0 Å². The lowest BCUT2D eigenvalue weighted by Crippen LogP contribution is -2.39. The van der Waals surface area contributed by atoms with E-state index < -0.39 is 0 Å². The number of rotatable bonds is 4. The number of aryl methyl sites for hydroxylation is 2. The molecule has 2 amide bonds. The highest BCUT2D eigenvalue weighted by Gasteiger charge is 2.43. The monoisotopic (exact) mass is 354 g/mol. The van der Waals surface area contributed by atoms with Crippen molar-refractivity contribution in [1.29, 1.82) is 0 Å². The second-order valence-corrected chi connectivity index (χ2v) is 7.57. The van der Waals surface area contributed by atoms with Crippen LogP contribution < -0.4 is 0 Å². The quantitative estimate of drug-likeness (QED) is 0.780. The lowest BCUT2D eigenvalue weighted by atomic mass is 9.99. The van der Waals surface area contributed by atoms with E-state index in [1.807, 2.05) is 25.1 Å². The van der Waals surface area contributed by atoms with Crippen LogP contribution in [-0.2, 0) is 14.3 Å². The summed E-state index contributed by atoms with van der Waals surface area (Å²) in [4.78, 5) is 29.9. The van der Waals surface area contributed by atoms with E-state index in [9.17, 15) is 9.59 Å². The molecule has 1 atom stereocenters. The Hall–Kier alpha value is -2.14. The van der Waals surface area contributed by atoms with E-state index >= 15 is 0 Å². The second-order valence-electron chi connectivity index (χ2n) is 7.57. The Morgan fingerprint density at radius 1 is 1.04 bits per heavy atom. The molecular formula is C21H26N2O3. The van der Waals surface area contributed by atoms with Gasteiger partial charge in [0, 0.05) is 19.7 Å². The van der Waals surface area contributed by atoms with Crippen molar-refractivity contribution in [3.05, 3.63) is 40.6 Å². The molecule has 3 heterocycles. The number of benzene rings is 1. The molecule has 0 radical (unpaired) electrons. The third kappa shape index (κ3) is 2.94. The Morgan fingerprint density at radius 3 is 2.46 bits per heavy atom. The van der Waals surface area contributed by atoms with Crippen molar-refractivity contribution in [3.63, 3.8) is 0 Å². The van der Waals surface area contributed by atoms with Gasteiger partial charge in [-0.05, 0) is 56.2 Å². The fraction of sp³-hybridized carbons (Fsp3) is 0.524. The summed E-state index contributed by atoms with van der Waals surface area (Å²) in [5.41, 5.74) is 4.33. The number of hydrogen-bond donors (Lipinski definition) is 0. The zero-order valence-corrected chi connectivity index (χ0v) is 15.6. The van der Waals surface area contributed by atoms with Crippen LogP contribution in [0.3, 0.4) is 0 Å². The SMILES string of the molecule is Cc1ccc(C2=C(N3CCCC3)C(=O)N(CC3CCCO3)C2=O)cc1C. The predicted molar refractivity (Wildman–Crippen MR) is 99.3 cm³/mol. The molecule has 0 saturated carbocycles. The van der Waals surface area contributed by atoms with Gasteiger partial charge in [0.1, 0.15) is 5.70 Å². The summed E-state index contributed by atoms with van der Waals surface area (Å²) in [6.07, 6.45) is 4.02. The van der Waals surface area contributed by atoms with Crippen LogP contribution in [0.2, 0.25) is 0 Å². The highest BCUT2D eigenvalue weighted by molar-refractivity contribution is 6.35. The lowest BCUT2D eigenvalue weighted by molar-refractivity contribution is -0.139. The minimum Gasteiger partial charge on any atom is -0.376 e. The molecule has 5 heteroatoms. The molecule has 26 heavy (non-hydrogen) atoms. The fourth-order valence-electron chi connectivity index (χ4n) is 4.11. The Kier molecular flexibility index (Phi) is 4.57. The van der Waals surface area contributed by atoms with Crippen molar-refractivity contribution in [1.82, 2.24) is 9.80 Å². The van der Waals surface area contributed by atoms with Gasteiger partial charge in [0.2, 0.25) is 0 Å². The zero-order valence-electron chi connectivity index (χ0n) is 15.6. The van der Waals surface area contributed by atoms with Gasteiger partial charge in [-0.2, -0.15) is 0 Å². The standard InChI is InChI=1S/C21H26N2O3/c1-14-7-8-16(12-15(14)2)18-19(22-9-3-4-10-22)21(25)23(20(18)24)13-17-6-5-11-26-17/h7-8,12,17H,3-6,9-11,13H2,1-2H3. The van der Waals surface area contributed by atoms with Crippen LogP contribution in [0.4, 0.5) is 0 Å². The molecule has 138 valence electrons. The van der Waals surface area contributed by atoms with Crippen molar-refractivity contribution in [3.8, 4) is 0 Å². The Morgan fingerprint density at radius 2 is 1.81 bits per heavy atom. The van der Waals surface area contributed by atoms with E-state index in [1.54, 1.807) is 0 Å². The maximum atomic E-state index is 13.2. The summed E-state index contributed by atoms with van der Waals surface area (Å²) >= 11 is 0. The summed E-state index contributed by atoms with van der Waals surface area (Å²) in [5, 5.41) is 0. The highest BCUT2D eigenvalue weighted by Crippen LogP contribution is 2.34. The van der Waals surface area contributed by atoms with E-state index in [1.165, 1.54) is 10.5 Å². The smallest absolute Gasteiger partial charge is 0.277 e. The first-order valence-corrected chi connectivity index (χ1v) is 9.61. The maximum absolute atomic E-state index is 13.2. The first-order valence-electron chi connectivity index (χ1n) is 9.61. The molecule has 3 aliphatic rings. The Labute approximate surface area is 154 Å². The third-order valence-electron chi connectivity index (χ3n) is 5.77. The molecule has 5 nitrogen and oxygen atoms in total. The first-order chi connectivity index (χ1) is 12.6. The van der Waals surface area contributed by atoms with Gasteiger partial charge in [0.15, 0.2) is 0 Å². The van der Waals surface area contributed by atoms with Crippen LogP contribution >= 0.6 is 0 Å². The number of nitrogens with zero attached hydrogens (tertiary/aromatic N) is 2. The van der Waals surface area contributed by atoms with Gasteiger partial charge in [0.25, 0.3) is 11.8 Å². The van der Waals surface area contributed by atoms with E-state index in [0.717, 1.165) is 56.5 Å². The van der Waals surface area contributed by atoms with Crippen molar-refractivity contribution >= 4 is 17.4 Å². The van der Waals surface area contributed by atoms with Crippen LogP contribution in [0.25, 0.3) is 5.57 Å². The first kappa shape index (κ1) is 17.3. The summed E-state index contributed by atoms with van der Waals surface area (Å²) < 4.78 is 5.67. The lowest BCUT2D eigenvalue weighted by Gasteiger charge is -2.21. The second kappa shape index (κ2) is 6.88. The predicted octanol–water partition coefficient (Wildman–Crippen LogP) is 2.66. The van der Waals surface area contributed by atoms with Gasteiger partial charge < -0.3 is 9.64 Å². The van der Waals surface area contributed by atoms with Gasteiger partial charge >= 0.3 is 0 Å².